The predicted molar refractivity (Wildman–Crippen MR) is 68.2 cm³/mol. The van der Waals surface area contributed by atoms with Crippen LogP contribution in [-0.4, -0.2) is 15.0 Å². The fourth-order valence-electron chi connectivity index (χ4n) is 1.22. The second-order valence-electron chi connectivity index (χ2n) is 3.07. The lowest BCUT2D eigenvalue weighted by Crippen LogP contribution is -2.00. The largest absolute Gasteiger partial charge is 0.381 e. The summed E-state index contributed by atoms with van der Waals surface area (Å²) in [5.74, 6) is 0.421. The van der Waals surface area contributed by atoms with Crippen molar-refractivity contribution < 1.29 is 0 Å². The van der Waals surface area contributed by atoms with Gasteiger partial charge in [0.05, 0.1) is 16.4 Å². The zero-order chi connectivity index (χ0) is 11.0. The Morgan fingerprint density at radius 2 is 2.20 bits per heavy atom. The van der Waals surface area contributed by atoms with Crippen molar-refractivity contribution in [2.24, 2.45) is 0 Å². The molecule has 0 fully saturated rings. The summed E-state index contributed by atoms with van der Waals surface area (Å²) in [5, 5.41) is 8.35. The Bertz CT molecular complexity index is 509. The van der Waals surface area contributed by atoms with Crippen LogP contribution in [0.3, 0.4) is 0 Å². The van der Waals surface area contributed by atoms with E-state index < -0.39 is 0 Å². The van der Waals surface area contributed by atoms with Crippen LogP contribution in [0.2, 0.25) is 5.02 Å². The zero-order valence-electron chi connectivity index (χ0n) is 7.91. The molecule has 0 aliphatic heterocycles. The summed E-state index contributed by atoms with van der Waals surface area (Å²) in [7, 11) is 0. The minimum atomic E-state index is 0.421. The Kier molecular flexibility index (Phi) is 2.83. The summed E-state index contributed by atoms with van der Waals surface area (Å²) in [6.45, 7) is 1.85. The Labute approximate surface area is 106 Å². The molecule has 0 aliphatic rings. The Morgan fingerprint density at radius 1 is 1.47 bits per heavy atom. The molecule has 0 saturated carbocycles. The molecule has 1 aromatic carbocycles. The van der Waals surface area contributed by atoms with E-state index in [0.717, 1.165) is 15.0 Å². The van der Waals surface area contributed by atoms with Crippen LogP contribution in [0.25, 0.3) is 5.69 Å². The molecule has 15 heavy (non-hydrogen) atoms. The molecular weight excluding hydrogens is 326 g/mol. The van der Waals surface area contributed by atoms with Crippen LogP contribution in [0.5, 0.6) is 0 Å². The van der Waals surface area contributed by atoms with Gasteiger partial charge in [-0.1, -0.05) is 16.8 Å². The average molecular weight is 335 g/mol. The number of nitrogens with zero attached hydrogens (tertiary/aromatic N) is 3. The molecule has 1 aromatic heterocycles. The second-order valence-corrected chi connectivity index (χ2v) is 4.72. The van der Waals surface area contributed by atoms with Crippen LogP contribution in [0.4, 0.5) is 5.82 Å². The van der Waals surface area contributed by atoms with Gasteiger partial charge in [-0.25, -0.2) is 4.68 Å². The van der Waals surface area contributed by atoms with Gasteiger partial charge in [0.2, 0.25) is 0 Å². The Balaban J connectivity index is 2.59. The van der Waals surface area contributed by atoms with Crippen LogP contribution in [0.1, 0.15) is 5.69 Å². The van der Waals surface area contributed by atoms with Gasteiger partial charge in [0.25, 0.3) is 0 Å². The summed E-state index contributed by atoms with van der Waals surface area (Å²) in [5.41, 5.74) is 7.20. The maximum Gasteiger partial charge on any atom is 0.169 e. The molecule has 0 spiro atoms. The van der Waals surface area contributed by atoms with Crippen LogP contribution < -0.4 is 5.73 Å². The van der Waals surface area contributed by atoms with E-state index in [2.05, 4.69) is 32.9 Å². The lowest BCUT2D eigenvalue weighted by Gasteiger charge is -2.05. The van der Waals surface area contributed by atoms with E-state index in [1.807, 2.05) is 25.1 Å². The van der Waals surface area contributed by atoms with Crippen molar-refractivity contribution in [2.45, 2.75) is 6.92 Å². The molecule has 2 rings (SSSR count). The first-order chi connectivity index (χ1) is 7.09. The van der Waals surface area contributed by atoms with E-state index in [1.165, 1.54) is 0 Å². The van der Waals surface area contributed by atoms with E-state index >= 15 is 0 Å². The van der Waals surface area contributed by atoms with E-state index in [9.17, 15) is 0 Å². The van der Waals surface area contributed by atoms with Crippen LogP contribution in [0, 0.1) is 10.5 Å². The quantitative estimate of drug-likeness (QED) is 0.815. The standard InChI is InChI=1S/C9H8ClIN4/c1-5-9(12)13-14-15(5)8-3-2-6(11)4-7(8)10/h2-4H,12H2,1H3. The van der Waals surface area contributed by atoms with E-state index in [0.29, 0.717) is 10.8 Å². The van der Waals surface area contributed by atoms with Crippen LogP contribution >= 0.6 is 34.2 Å². The lowest BCUT2D eigenvalue weighted by molar-refractivity contribution is 0.785. The van der Waals surface area contributed by atoms with Crippen molar-refractivity contribution in [3.8, 4) is 5.69 Å². The highest BCUT2D eigenvalue weighted by Gasteiger charge is 2.10. The molecule has 0 bridgehead atoms. The van der Waals surface area contributed by atoms with Gasteiger partial charge in [0.15, 0.2) is 5.82 Å². The molecule has 0 aliphatic carbocycles. The molecule has 2 aromatic rings. The first-order valence-corrected chi connectivity index (χ1v) is 5.68. The fraction of sp³-hybridized carbons (Fsp3) is 0.111. The highest BCUT2D eigenvalue weighted by Crippen LogP contribution is 2.24. The minimum absolute atomic E-state index is 0.421. The molecule has 6 heteroatoms. The summed E-state index contributed by atoms with van der Waals surface area (Å²) < 4.78 is 2.71. The zero-order valence-corrected chi connectivity index (χ0v) is 10.8. The predicted octanol–water partition coefficient (Wildman–Crippen LogP) is 2.42. The number of benzene rings is 1. The topological polar surface area (TPSA) is 56.7 Å². The first-order valence-electron chi connectivity index (χ1n) is 4.23. The lowest BCUT2D eigenvalue weighted by atomic mass is 10.3. The monoisotopic (exact) mass is 334 g/mol. The molecule has 0 unspecified atom stereocenters. The van der Waals surface area contributed by atoms with Gasteiger partial charge >= 0.3 is 0 Å². The van der Waals surface area contributed by atoms with Crippen LogP contribution in [0.15, 0.2) is 18.2 Å². The average Bonchev–Trinajstić information content (AvgIpc) is 2.49. The third-order valence-electron chi connectivity index (χ3n) is 2.07. The minimum Gasteiger partial charge on any atom is -0.381 e. The number of rotatable bonds is 1. The number of hydrogen-bond acceptors (Lipinski definition) is 3. The summed E-state index contributed by atoms with van der Waals surface area (Å²) in [6.07, 6.45) is 0. The molecule has 4 nitrogen and oxygen atoms in total. The molecule has 2 N–H and O–H groups in total. The van der Waals surface area contributed by atoms with Gasteiger partial charge in [-0.05, 0) is 47.7 Å². The smallest absolute Gasteiger partial charge is 0.169 e. The van der Waals surface area contributed by atoms with Crippen molar-refractivity contribution >= 4 is 40.0 Å². The number of halogens is 2. The molecule has 78 valence electrons. The fourth-order valence-corrected chi connectivity index (χ4v) is 2.16. The molecule has 0 atom stereocenters. The van der Waals surface area contributed by atoms with Crippen molar-refractivity contribution in [2.75, 3.05) is 5.73 Å². The maximum absolute atomic E-state index is 6.11. The summed E-state index contributed by atoms with van der Waals surface area (Å²) in [4.78, 5) is 0. The van der Waals surface area contributed by atoms with E-state index in [4.69, 9.17) is 17.3 Å². The highest BCUT2D eigenvalue weighted by molar-refractivity contribution is 14.1. The van der Waals surface area contributed by atoms with E-state index in [1.54, 1.807) is 4.68 Å². The second kappa shape index (κ2) is 3.97. The Morgan fingerprint density at radius 3 is 2.73 bits per heavy atom. The van der Waals surface area contributed by atoms with Gasteiger partial charge < -0.3 is 5.73 Å². The normalized spacial score (nSPS) is 10.6. The number of nitrogens with two attached hydrogens (primary N) is 1. The van der Waals surface area contributed by atoms with Crippen molar-refractivity contribution in [3.05, 3.63) is 32.5 Å². The first kappa shape index (κ1) is 10.7. The highest BCUT2D eigenvalue weighted by atomic mass is 127. The van der Waals surface area contributed by atoms with Crippen molar-refractivity contribution in [1.82, 2.24) is 15.0 Å². The number of anilines is 1. The number of hydrogen-bond donors (Lipinski definition) is 1. The molecule has 0 radical (unpaired) electrons. The third kappa shape index (κ3) is 1.93. The van der Waals surface area contributed by atoms with Gasteiger partial charge in [0, 0.05) is 3.57 Å². The SMILES string of the molecule is Cc1c(N)nnn1-c1ccc(I)cc1Cl. The number of aromatic nitrogens is 3. The Hall–Kier alpha value is -0.820. The van der Waals surface area contributed by atoms with Crippen molar-refractivity contribution in [3.63, 3.8) is 0 Å². The molecule has 1 heterocycles. The number of nitrogen functional groups attached to an aromatic ring is 1. The summed E-state index contributed by atoms with van der Waals surface area (Å²) in [6, 6.07) is 5.72. The van der Waals surface area contributed by atoms with Gasteiger partial charge in [-0.15, -0.1) is 5.10 Å². The van der Waals surface area contributed by atoms with Crippen molar-refractivity contribution in [1.29, 1.82) is 0 Å². The molecule has 0 amide bonds. The third-order valence-corrected chi connectivity index (χ3v) is 3.04. The molecular formula is C9H8ClIN4. The van der Waals surface area contributed by atoms with Gasteiger partial charge in [0.1, 0.15) is 0 Å². The van der Waals surface area contributed by atoms with Gasteiger partial charge in [-0.3, -0.25) is 0 Å². The summed E-state index contributed by atoms with van der Waals surface area (Å²) >= 11 is 8.31. The van der Waals surface area contributed by atoms with E-state index in [-0.39, 0.29) is 0 Å². The maximum atomic E-state index is 6.11. The molecule has 0 saturated heterocycles. The van der Waals surface area contributed by atoms with Crippen LogP contribution in [-0.2, 0) is 0 Å². The van der Waals surface area contributed by atoms with Gasteiger partial charge in [-0.2, -0.15) is 0 Å².